The summed E-state index contributed by atoms with van der Waals surface area (Å²) >= 11 is 0. The highest BCUT2D eigenvalue weighted by Gasteiger charge is 2.17. The van der Waals surface area contributed by atoms with E-state index in [1.54, 1.807) is 4.57 Å². The van der Waals surface area contributed by atoms with E-state index in [2.05, 4.69) is 10.4 Å². The molecular weight excluding hydrogens is 292 g/mol. The van der Waals surface area contributed by atoms with Crippen LogP contribution in [0.2, 0.25) is 0 Å². The number of rotatable bonds is 3. The lowest BCUT2D eigenvalue weighted by Gasteiger charge is -2.08. The molecule has 2 heterocycles. The molecule has 0 aliphatic carbocycles. The number of anilines is 1. The summed E-state index contributed by atoms with van der Waals surface area (Å²) in [6.07, 6.45) is 3.97. The lowest BCUT2D eigenvalue weighted by Crippen LogP contribution is -2.30. The minimum Gasteiger partial charge on any atom is -0.324 e. The molecule has 0 fully saturated rings. The predicted octanol–water partition coefficient (Wildman–Crippen LogP) is 2.03. The summed E-state index contributed by atoms with van der Waals surface area (Å²) in [5, 5.41) is 7.19. The zero-order valence-corrected chi connectivity index (χ0v) is 13.6. The maximum Gasteiger partial charge on any atom is 0.346 e. The van der Waals surface area contributed by atoms with Gasteiger partial charge in [-0.05, 0) is 38.3 Å². The molecule has 0 spiro atoms. The van der Waals surface area contributed by atoms with Crippen LogP contribution in [0.3, 0.4) is 0 Å². The van der Waals surface area contributed by atoms with Gasteiger partial charge in [0.2, 0.25) is 5.91 Å². The van der Waals surface area contributed by atoms with Crippen molar-refractivity contribution < 1.29 is 4.79 Å². The third-order valence-electron chi connectivity index (χ3n) is 4.23. The number of nitrogens with one attached hydrogen (secondary N) is 1. The molecule has 0 saturated heterocycles. The molecule has 0 saturated carbocycles. The first-order chi connectivity index (χ1) is 11.0. The van der Waals surface area contributed by atoms with Crippen molar-refractivity contribution in [1.82, 2.24) is 14.3 Å². The van der Waals surface area contributed by atoms with Crippen molar-refractivity contribution in [1.29, 1.82) is 0 Å². The van der Waals surface area contributed by atoms with Crippen LogP contribution in [0.1, 0.15) is 36.2 Å². The lowest BCUT2D eigenvalue weighted by atomic mass is 10.1. The molecule has 6 heteroatoms. The van der Waals surface area contributed by atoms with Crippen LogP contribution < -0.4 is 11.0 Å². The van der Waals surface area contributed by atoms with Crippen molar-refractivity contribution >= 4 is 11.6 Å². The van der Waals surface area contributed by atoms with Crippen molar-refractivity contribution in [3.05, 3.63) is 45.6 Å². The first-order valence-corrected chi connectivity index (χ1v) is 8.08. The average Bonchev–Trinajstić information content (AvgIpc) is 2.68. The van der Waals surface area contributed by atoms with E-state index in [1.165, 1.54) is 4.68 Å². The number of fused-ring (bicyclic) bond motifs is 1. The van der Waals surface area contributed by atoms with E-state index in [9.17, 15) is 9.59 Å². The number of aryl methyl sites for hydroxylation is 3. The maximum absolute atomic E-state index is 12.3. The first kappa shape index (κ1) is 15.5. The number of hydrogen-bond acceptors (Lipinski definition) is 3. The van der Waals surface area contributed by atoms with Gasteiger partial charge in [0, 0.05) is 18.7 Å². The number of hydrogen-bond donors (Lipinski definition) is 1. The van der Waals surface area contributed by atoms with E-state index >= 15 is 0 Å². The zero-order chi connectivity index (χ0) is 16.4. The molecule has 0 radical (unpaired) electrons. The van der Waals surface area contributed by atoms with Gasteiger partial charge in [-0.25, -0.2) is 9.48 Å². The zero-order valence-electron chi connectivity index (χ0n) is 13.6. The van der Waals surface area contributed by atoms with E-state index < -0.39 is 0 Å². The number of nitrogens with zero attached hydrogens (tertiary/aromatic N) is 3. The van der Waals surface area contributed by atoms with Gasteiger partial charge in [0.05, 0.1) is 0 Å². The van der Waals surface area contributed by atoms with E-state index in [0.717, 1.165) is 48.3 Å². The largest absolute Gasteiger partial charge is 0.346 e. The Balaban J connectivity index is 1.74. The lowest BCUT2D eigenvalue weighted by molar-refractivity contribution is -0.117. The summed E-state index contributed by atoms with van der Waals surface area (Å²) in [6, 6.07) is 5.85. The van der Waals surface area contributed by atoms with Crippen LogP contribution in [0.4, 0.5) is 5.69 Å². The molecular formula is C17H22N4O2. The second kappa shape index (κ2) is 6.40. The highest BCUT2D eigenvalue weighted by atomic mass is 16.2. The molecule has 0 atom stereocenters. The molecule has 0 unspecified atom stereocenters. The molecule has 23 heavy (non-hydrogen) atoms. The van der Waals surface area contributed by atoms with Gasteiger partial charge >= 0.3 is 5.69 Å². The van der Waals surface area contributed by atoms with Crippen molar-refractivity contribution in [2.75, 3.05) is 5.32 Å². The van der Waals surface area contributed by atoms with Gasteiger partial charge in [0.15, 0.2) is 0 Å². The van der Waals surface area contributed by atoms with Crippen LogP contribution in [0.15, 0.2) is 23.0 Å². The topological polar surface area (TPSA) is 68.9 Å². The van der Waals surface area contributed by atoms with Crippen molar-refractivity contribution in [2.45, 2.75) is 52.6 Å². The Morgan fingerprint density at radius 2 is 2.09 bits per heavy atom. The highest BCUT2D eigenvalue weighted by molar-refractivity contribution is 5.91. The predicted molar refractivity (Wildman–Crippen MR) is 88.6 cm³/mol. The quantitative estimate of drug-likeness (QED) is 0.942. The monoisotopic (exact) mass is 314 g/mol. The molecule has 1 amide bonds. The first-order valence-electron chi connectivity index (χ1n) is 8.08. The van der Waals surface area contributed by atoms with Crippen LogP contribution in [-0.2, 0) is 24.3 Å². The second-order valence-electron chi connectivity index (χ2n) is 6.19. The molecule has 1 aliphatic heterocycles. The summed E-state index contributed by atoms with van der Waals surface area (Å²) in [7, 11) is 0. The fraction of sp³-hybridized carbons (Fsp3) is 0.471. The molecule has 0 bridgehead atoms. The number of aromatic nitrogens is 3. The third kappa shape index (κ3) is 3.36. The Labute approximate surface area is 135 Å². The van der Waals surface area contributed by atoms with E-state index in [4.69, 9.17) is 0 Å². The Hall–Kier alpha value is -2.37. The smallest absolute Gasteiger partial charge is 0.324 e. The minimum atomic E-state index is -0.229. The van der Waals surface area contributed by atoms with Gasteiger partial charge in [0.1, 0.15) is 12.4 Å². The van der Waals surface area contributed by atoms with E-state index in [1.807, 2.05) is 32.0 Å². The van der Waals surface area contributed by atoms with Gasteiger partial charge in [-0.2, -0.15) is 5.10 Å². The van der Waals surface area contributed by atoms with Crippen LogP contribution in [0.5, 0.6) is 0 Å². The van der Waals surface area contributed by atoms with Gasteiger partial charge in [-0.3, -0.25) is 9.36 Å². The molecule has 122 valence electrons. The summed E-state index contributed by atoms with van der Waals surface area (Å²) in [4.78, 5) is 24.6. The Morgan fingerprint density at radius 3 is 2.87 bits per heavy atom. The van der Waals surface area contributed by atoms with E-state index in [0.29, 0.717) is 6.54 Å². The molecule has 6 nitrogen and oxygen atoms in total. The minimum absolute atomic E-state index is 0.0495. The van der Waals surface area contributed by atoms with E-state index in [-0.39, 0.29) is 18.1 Å². The van der Waals surface area contributed by atoms with Crippen molar-refractivity contribution in [3.8, 4) is 0 Å². The molecule has 1 N–H and O–H groups in total. The normalized spacial score (nSPS) is 14.2. The standard InChI is InChI=1S/C17H22N4O2/c1-12-7-8-14(13(2)10-12)18-16(22)11-21-17(23)20-9-5-3-4-6-15(20)19-21/h7-8,10H,3-6,9,11H2,1-2H3,(H,18,22). The average molecular weight is 314 g/mol. The SMILES string of the molecule is Cc1ccc(NC(=O)Cn2nc3n(c2=O)CCCCC3)c(C)c1. The van der Waals surface area contributed by atoms with Crippen LogP contribution in [0, 0.1) is 13.8 Å². The summed E-state index contributed by atoms with van der Waals surface area (Å²) in [5.74, 6) is 0.569. The number of carbonyl (C=O) groups excluding carboxylic acids is 1. The van der Waals surface area contributed by atoms with Gasteiger partial charge in [-0.15, -0.1) is 0 Å². The van der Waals surface area contributed by atoms with Crippen LogP contribution in [-0.4, -0.2) is 20.3 Å². The van der Waals surface area contributed by atoms with Crippen LogP contribution >= 0.6 is 0 Å². The van der Waals surface area contributed by atoms with Gasteiger partial charge < -0.3 is 5.32 Å². The molecule has 1 aliphatic rings. The fourth-order valence-electron chi connectivity index (χ4n) is 3.01. The van der Waals surface area contributed by atoms with Crippen LogP contribution in [0.25, 0.3) is 0 Å². The number of amides is 1. The highest BCUT2D eigenvalue weighted by Crippen LogP contribution is 2.16. The molecule has 2 aromatic rings. The molecule has 1 aromatic carbocycles. The van der Waals surface area contributed by atoms with Gasteiger partial charge in [0.25, 0.3) is 0 Å². The van der Waals surface area contributed by atoms with Crippen molar-refractivity contribution in [2.24, 2.45) is 0 Å². The number of carbonyl (C=O) groups is 1. The van der Waals surface area contributed by atoms with Gasteiger partial charge in [-0.1, -0.05) is 24.1 Å². The number of benzene rings is 1. The maximum atomic E-state index is 12.3. The Morgan fingerprint density at radius 1 is 1.26 bits per heavy atom. The molecule has 1 aromatic heterocycles. The van der Waals surface area contributed by atoms with Crippen molar-refractivity contribution in [3.63, 3.8) is 0 Å². The summed E-state index contributed by atoms with van der Waals surface area (Å²) in [5.41, 5.74) is 2.74. The summed E-state index contributed by atoms with van der Waals surface area (Å²) in [6.45, 7) is 4.61. The Bertz CT molecular complexity index is 788. The second-order valence-corrected chi connectivity index (χ2v) is 6.19. The fourth-order valence-corrected chi connectivity index (χ4v) is 3.01. The Kier molecular flexibility index (Phi) is 4.32. The molecule has 3 rings (SSSR count). The summed E-state index contributed by atoms with van der Waals surface area (Å²) < 4.78 is 2.98. The third-order valence-corrected chi connectivity index (χ3v) is 4.23.